The first-order valence-electron chi connectivity index (χ1n) is 4.67. The van der Waals surface area contributed by atoms with Gasteiger partial charge in [0.05, 0.1) is 7.57 Å². The Hall–Kier alpha value is 0.530. The molecule has 0 aromatic carbocycles. The molecule has 0 amide bonds. The first kappa shape index (κ1) is 13.0. The van der Waals surface area contributed by atoms with E-state index in [9.17, 15) is 8.42 Å². The Kier molecular flexibility index (Phi) is 4.08. The molecule has 2 N–H and O–H groups in total. The zero-order valence-electron chi connectivity index (χ0n) is 8.16. The Labute approximate surface area is 115 Å². The fourth-order valence-corrected chi connectivity index (χ4v) is 6.63. The minimum absolute atomic E-state index is 0.00410. The summed E-state index contributed by atoms with van der Waals surface area (Å²) in [6.45, 7) is 1.56. The number of nitrogens with one attached hydrogen (secondary N) is 2. The average Bonchev–Trinajstić information content (AvgIpc) is 2.75. The van der Waals surface area contributed by atoms with E-state index in [1.807, 2.05) is 0 Å². The lowest BCUT2D eigenvalue weighted by Crippen LogP contribution is -2.36. The van der Waals surface area contributed by atoms with Crippen molar-refractivity contribution >= 4 is 53.2 Å². The van der Waals surface area contributed by atoms with Gasteiger partial charge in [-0.25, -0.2) is 13.1 Å². The maximum absolute atomic E-state index is 12.0. The molecule has 4 nitrogen and oxygen atoms in total. The van der Waals surface area contributed by atoms with Crippen LogP contribution in [-0.2, 0) is 10.0 Å². The smallest absolute Gasteiger partial charge is 0.242 e. The Morgan fingerprint density at radius 3 is 2.75 bits per heavy atom. The molecule has 1 saturated heterocycles. The molecule has 1 aliphatic rings. The van der Waals surface area contributed by atoms with Crippen molar-refractivity contribution in [1.82, 2.24) is 10.0 Å². The van der Waals surface area contributed by atoms with Gasteiger partial charge in [0.15, 0.2) is 0 Å². The normalized spacial score (nSPS) is 21.5. The van der Waals surface area contributed by atoms with Crippen molar-refractivity contribution in [2.45, 2.75) is 17.4 Å². The van der Waals surface area contributed by atoms with Gasteiger partial charge in [0.2, 0.25) is 10.0 Å². The van der Waals surface area contributed by atoms with Crippen LogP contribution < -0.4 is 10.0 Å². The number of halogens is 2. The molecule has 90 valence electrons. The van der Waals surface area contributed by atoms with E-state index in [4.69, 9.17) is 0 Å². The largest absolute Gasteiger partial charge is 0.315 e. The maximum atomic E-state index is 12.0. The van der Waals surface area contributed by atoms with Gasteiger partial charge in [0.1, 0.15) is 4.90 Å². The molecule has 2 rings (SSSR count). The molecule has 0 aliphatic carbocycles. The van der Waals surface area contributed by atoms with Gasteiger partial charge in [-0.3, -0.25) is 0 Å². The van der Waals surface area contributed by atoms with Crippen LogP contribution in [0.5, 0.6) is 0 Å². The number of hydrogen-bond donors (Lipinski definition) is 2. The Balaban J connectivity index is 2.21. The first-order valence-corrected chi connectivity index (χ1v) is 8.55. The number of sulfonamides is 1. The SMILES string of the molecule is O=S(=O)(NC1CCNC1)c1cc(Br)sc1Br. The van der Waals surface area contributed by atoms with Crippen molar-refractivity contribution < 1.29 is 8.42 Å². The van der Waals surface area contributed by atoms with Gasteiger partial charge in [-0.15, -0.1) is 11.3 Å². The van der Waals surface area contributed by atoms with E-state index in [2.05, 4.69) is 41.9 Å². The first-order chi connectivity index (χ1) is 7.49. The molecule has 0 spiro atoms. The fourth-order valence-electron chi connectivity index (χ4n) is 1.55. The van der Waals surface area contributed by atoms with E-state index in [1.165, 1.54) is 11.3 Å². The van der Waals surface area contributed by atoms with Crippen molar-refractivity contribution in [2.24, 2.45) is 0 Å². The third kappa shape index (κ3) is 2.85. The van der Waals surface area contributed by atoms with E-state index in [-0.39, 0.29) is 6.04 Å². The minimum atomic E-state index is -3.41. The van der Waals surface area contributed by atoms with E-state index < -0.39 is 10.0 Å². The summed E-state index contributed by atoms with van der Waals surface area (Å²) in [6.07, 6.45) is 0.835. The number of rotatable bonds is 3. The van der Waals surface area contributed by atoms with Gasteiger partial charge < -0.3 is 5.32 Å². The van der Waals surface area contributed by atoms with Gasteiger partial charge in [0, 0.05) is 12.6 Å². The molecule has 1 aliphatic heterocycles. The number of thiophene rings is 1. The van der Waals surface area contributed by atoms with Gasteiger partial charge in [-0.2, -0.15) is 0 Å². The molecule has 0 radical (unpaired) electrons. The van der Waals surface area contributed by atoms with Gasteiger partial charge in [0.25, 0.3) is 0 Å². The second-order valence-electron chi connectivity index (χ2n) is 3.50. The molecule has 1 unspecified atom stereocenters. The van der Waals surface area contributed by atoms with Crippen LogP contribution in [0.2, 0.25) is 0 Å². The standard InChI is InChI=1S/C8H10Br2N2O2S2/c9-7-3-6(8(10)15-7)16(13,14)12-5-1-2-11-4-5/h3,5,11-12H,1-2,4H2. The van der Waals surface area contributed by atoms with Crippen LogP contribution in [0.3, 0.4) is 0 Å². The summed E-state index contributed by atoms with van der Waals surface area (Å²) < 4.78 is 28.2. The molecule has 1 atom stereocenters. The van der Waals surface area contributed by atoms with Crippen molar-refractivity contribution in [1.29, 1.82) is 0 Å². The highest BCUT2D eigenvalue weighted by Crippen LogP contribution is 2.34. The highest BCUT2D eigenvalue weighted by atomic mass is 79.9. The summed E-state index contributed by atoms with van der Waals surface area (Å²) in [5.74, 6) is 0. The molecule has 8 heteroatoms. The summed E-state index contributed by atoms with van der Waals surface area (Å²) in [7, 11) is -3.41. The lowest BCUT2D eigenvalue weighted by atomic mass is 10.3. The molecule has 0 bridgehead atoms. The van der Waals surface area contributed by atoms with E-state index in [0.29, 0.717) is 15.2 Å². The zero-order valence-corrected chi connectivity index (χ0v) is 13.0. The van der Waals surface area contributed by atoms with Crippen molar-refractivity contribution in [3.05, 3.63) is 13.6 Å². The molecular weight excluding hydrogens is 380 g/mol. The predicted octanol–water partition coefficient (Wildman–Crippen LogP) is 1.91. The summed E-state index contributed by atoms with van der Waals surface area (Å²) in [4.78, 5) is 0.302. The summed E-state index contributed by atoms with van der Waals surface area (Å²) >= 11 is 7.88. The third-order valence-corrected chi connectivity index (χ3v) is 6.57. The van der Waals surface area contributed by atoms with E-state index >= 15 is 0 Å². The maximum Gasteiger partial charge on any atom is 0.242 e. The summed E-state index contributed by atoms with van der Waals surface area (Å²) in [6, 6.07) is 1.61. The van der Waals surface area contributed by atoms with E-state index in [0.717, 1.165) is 16.8 Å². The summed E-state index contributed by atoms with van der Waals surface area (Å²) in [5.41, 5.74) is 0. The third-order valence-electron chi connectivity index (χ3n) is 2.30. The molecule has 0 saturated carbocycles. The fraction of sp³-hybridized carbons (Fsp3) is 0.500. The lowest BCUT2D eigenvalue weighted by Gasteiger charge is -2.11. The highest BCUT2D eigenvalue weighted by molar-refractivity contribution is 9.12. The quantitative estimate of drug-likeness (QED) is 0.830. The molecule has 1 fully saturated rings. The molecule has 1 aromatic heterocycles. The number of hydrogen-bond acceptors (Lipinski definition) is 4. The second-order valence-corrected chi connectivity index (χ2v) is 8.93. The van der Waals surface area contributed by atoms with Crippen LogP contribution in [0.25, 0.3) is 0 Å². The molecule has 16 heavy (non-hydrogen) atoms. The lowest BCUT2D eigenvalue weighted by molar-refractivity contribution is 0.560. The van der Waals surface area contributed by atoms with Gasteiger partial charge in [-0.1, -0.05) is 0 Å². The monoisotopic (exact) mass is 388 g/mol. The van der Waals surface area contributed by atoms with Crippen LogP contribution >= 0.6 is 43.2 Å². The average molecular weight is 390 g/mol. The molecular formula is C8H10Br2N2O2S2. The van der Waals surface area contributed by atoms with Crippen LogP contribution in [0.15, 0.2) is 18.5 Å². The van der Waals surface area contributed by atoms with Crippen LogP contribution in [-0.4, -0.2) is 27.5 Å². The molecule has 1 aromatic rings. The second kappa shape index (κ2) is 5.03. The minimum Gasteiger partial charge on any atom is -0.315 e. The van der Waals surface area contributed by atoms with Crippen molar-refractivity contribution in [3.8, 4) is 0 Å². The van der Waals surface area contributed by atoms with Gasteiger partial charge >= 0.3 is 0 Å². The predicted molar refractivity (Wildman–Crippen MR) is 71.3 cm³/mol. The van der Waals surface area contributed by atoms with Crippen molar-refractivity contribution in [2.75, 3.05) is 13.1 Å². The van der Waals surface area contributed by atoms with Crippen LogP contribution in [0.4, 0.5) is 0 Å². The summed E-state index contributed by atoms with van der Waals surface area (Å²) in [5, 5.41) is 3.12. The van der Waals surface area contributed by atoms with Crippen molar-refractivity contribution in [3.63, 3.8) is 0 Å². The topological polar surface area (TPSA) is 58.2 Å². The molecule has 2 heterocycles. The van der Waals surface area contributed by atoms with Crippen LogP contribution in [0.1, 0.15) is 6.42 Å². The Morgan fingerprint density at radius 2 is 2.25 bits per heavy atom. The van der Waals surface area contributed by atoms with Gasteiger partial charge in [-0.05, 0) is 50.9 Å². The zero-order chi connectivity index (χ0) is 11.8. The highest BCUT2D eigenvalue weighted by Gasteiger charge is 2.25. The van der Waals surface area contributed by atoms with E-state index in [1.54, 1.807) is 6.07 Å². The Morgan fingerprint density at radius 1 is 1.50 bits per heavy atom. The van der Waals surface area contributed by atoms with Crippen LogP contribution in [0, 0.1) is 0 Å². The Bertz CT molecular complexity index is 480.